The lowest BCUT2D eigenvalue weighted by molar-refractivity contribution is 0.0369. The topological polar surface area (TPSA) is 113 Å². The standard InChI is InChI=1S/C25H44N6O3S/c26-25(29-23-11-14-27-15-12-23)28-13-6-1-2-7-17-31(18-8-16-30-19-21-34-22-20-30)35(32,33)24-9-4-3-5-10-24/h11-12,14-15,24H,1-10,13,16-22H2,(H3,26,27,28,29). The van der Waals surface area contributed by atoms with Gasteiger partial charge in [0.1, 0.15) is 0 Å². The van der Waals surface area contributed by atoms with Gasteiger partial charge in [0.2, 0.25) is 10.0 Å². The molecule has 10 heteroatoms. The van der Waals surface area contributed by atoms with Gasteiger partial charge in [-0.05, 0) is 50.8 Å². The van der Waals surface area contributed by atoms with Crippen LogP contribution in [0.1, 0.15) is 64.2 Å². The van der Waals surface area contributed by atoms with E-state index in [9.17, 15) is 8.42 Å². The highest BCUT2D eigenvalue weighted by Crippen LogP contribution is 2.26. The molecule has 0 atom stereocenters. The van der Waals surface area contributed by atoms with Crippen LogP contribution in [0.5, 0.6) is 0 Å². The van der Waals surface area contributed by atoms with Gasteiger partial charge in [-0.2, -0.15) is 0 Å². The van der Waals surface area contributed by atoms with Gasteiger partial charge in [-0.25, -0.2) is 12.7 Å². The number of rotatable bonds is 14. The number of anilines is 1. The summed E-state index contributed by atoms with van der Waals surface area (Å²) in [6, 6.07) is 3.69. The summed E-state index contributed by atoms with van der Waals surface area (Å²) in [4.78, 5) is 10.7. The minimum absolute atomic E-state index is 0.190. The fourth-order valence-electron chi connectivity index (χ4n) is 4.81. The number of unbranched alkanes of at least 4 members (excludes halogenated alkanes) is 3. The monoisotopic (exact) mass is 508 g/mol. The molecule has 198 valence electrons. The van der Waals surface area contributed by atoms with E-state index in [1.807, 2.05) is 12.1 Å². The zero-order chi connectivity index (χ0) is 24.8. The summed E-state index contributed by atoms with van der Waals surface area (Å²) in [5.74, 6) is 0.404. The maximum atomic E-state index is 13.4. The molecule has 0 bridgehead atoms. The fraction of sp³-hybridized carbons (Fsp3) is 0.760. The lowest BCUT2D eigenvalue weighted by atomic mass is 10.0. The number of nitrogens with zero attached hydrogens (tertiary/aromatic N) is 4. The number of sulfonamides is 1. The second-order valence-corrected chi connectivity index (χ2v) is 11.8. The number of guanidine groups is 1. The maximum Gasteiger partial charge on any atom is 0.216 e. The van der Waals surface area contributed by atoms with Crippen molar-refractivity contribution in [3.8, 4) is 0 Å². The van der Waals surface area contributed by atoms with Gasteiger partial charge >= 0.3 is 0 Å². The first-order valence-corrected chi connectivity index (χ1v) is 14.8. The summed E-state index contributed by atoms with van der Waals surface area (Å²) in [6.45, 7) is 6.29. The van der Waals surface area contributed by atoms with Gasteiger partial charge in [0.25, 0.3) is 0 Å². The van der Waals surface area contributed by atoms with Crippen LogP contribution in [-0.4, -0.2) is 86.3 Å². The average molecular weight is 509 g/mol. The lowest BCUT2D eigenvalue weighted by Gasteiger charge is -2.31. The van der Waals surface area contributed by atoms with Crippen molar-refractivity contribution in [2.24, 2.45) is 10.7 Å². The molecular formula is C25H44N6O3S. The molecule has 0 amide bonds. The summed E-state index contributed by atoms with van der Waals surface area (Å²) in [5.41, 5.74) is 6.81. The van der Waals surface area contributed by atoms with E-state index in [2.05, 4.69) is 20.2 Å². The molecule has 1 aliphatic heterocycles. The quantitative estimate of drug-likeness (QED) is 0.226. The summed E-state index contributed by atoms with van der Waals surface area (Å²) in [7, 11) is -3.23. The van der Waals surface area contributed by atoms with E-state index in [-0.39, 0.29) is 5.25 Å². The normalized spacial score (nSPS) is 18.7. The zero-order valence-electron chi connectivity index (χ0n) is 21.1. The van der Waals surface area contributed by atoms with Crippen LogP contribution in [0.2, 0.25) is 0 Å². The minimum atomic E-state index is -3.23. The number of hydrogen-bond acceptors (Lipinski definition) is 6. The van der Waals surface area contributed by atoms with Crippen molar-refractivity contribution in [3.05, 3.63) is 24.5 Å². The van der Waals surface area contributed by atoms with Crippen molar-refractivity contribution in [3.63, 3.8) is 0 Å². The smallest absolute Gasteiger partial charge is 0.216 e. The Morgan fingerprint density at radius 1 is 1.06 bits per heavy atom. The van der Waals surface area contributed by atoms with E-state index >= 15 is 0 Å². The molecule has 1 saturated heterocycles. The fourth-order valence-corrected chi connectivity index (χ4v) is 6.93. The number of nitrogens with two attached hydrogens (primary N) is 1. The van der Waals surface area contributed by atoms with E-state index in [0.717, 1.165) is 103 Å². The SMILES string of the molecule is NC(=NCCCCCCN(CCCN1CCOCC1)S(=O)(=O)C1CCCCC1)Nc1ccncc1. The predicted octanol–water partition coefficient (Wildman–Crippen LogP) is 3.06. The number of pyridine rings is 1. The summed E-state index contributed by atoms with van der Waals surface area (Å²) < 4.78 is 34.0. The summed E-state index contributed by atoms with van der Waals surface area (Å²) in [5, 5.41) is 2.86. The van der Waals surface area contributed by atoms with E-state index in [1.165, 1.54) is 0 Å². The van der Waals surface area contributed by atoms with Crippen LogP contribution in [0.25, 0.3) is 0 Å². The second kappa shape index (κ2) is 15.4. The molecule has 0 unspecified atom stereocenters. The molecule has 9 nitrogen and oxygen atoms in total. The van der Waals surface area contributed by atoms with Gasteiger partial charge in [0.05, 0.1) is 18.5 Å². The zero-order valence-corrected chi connectivity index (χ0v) is 21.9. The van der Waals surface area contributed by atoms with E-state index in [1.54, 1.807) is 16.7 Å². The summed E-state index contributed by atoms with van der Waals surface area (Å²) >= 11 is 0. The molecule has 1 aromatic heterocycles. The molecular weight excluding hydrogens is 464 g/mol. The molecule has 0 spiro atoms. The maximum absolute atomic E-state index is 13.4. The van der Waals surface area contributed by atoms with Crippen LogP contribution >= 0.6 is 0 Å². The molecule has 0 aromatic carbocycles. The molecule has 3 rings (SSSR count). The van der Waals surface area contributed by atoms with E-state index < -0.39 is 10.0 Å². The Morgan fingerprint density at radius 3 is 2.49 bits per heavy atom. The largest absolute Gasteiger partial charge is 0.379 e. The van der Waals surface area contributed by atoms with Gasteiger partial charge in [0.15, 0.2) is 5.96 Å². The second-order valence-electron chi connectivity index (χ2n) is 9.55. The van der Waals surface area contributed by atoms with Crippen LogP contribution in [0.3, 0.4) is 0 Å². The van der Waals surface area contributed by atoms with Crippen molar-refractivity contribution in [1.29, 1.82) is 0 Å². The number of aromatic nitrogens is 1. The van der Waals surface area contributed by atoms with Gasteiger partial charge in [0, 0.05) is 50.8 Å². The van der Waals surface area contributed by atoms with Crippen LogP contribution in [0.15, 0.2) is 29.5 Å². The Kier molecular flexibility index (Phi) is 12.2. The van der Waals surface area contributed by atoms with Crippen molar-refractivity contribution >= 4 is 21.7 Å². The molecule has 3 N–H and O–H groups in total. The molecule has 2 aliphatic rings. The van der Waals surface area contributed by atoms with Crippen molar-refractivity contribution in [2.45, 2.75) is 69.5 Å². The molecule has 1 aromatic rings. The molecule has 0 radical (unpaired) electrons. The first-order chi connectivity index (χ1) is 17.1. The minimum Gasteiger partial charge on any atom is -0.379 e. The highest BCUT2D eigenvalue weighted by Gasteiger charge is 2.32. The molecule has 2 heterocycles. The number of ether oxygens (including phenoxy) is 1. The highest BCUT2D eigenvalue weighted by atomic mass is 32.2. The molecule has 1 saturated carbocycles. The number of nitrogens with one attached hydrogen (secondary N) is 1. The Bertz CT molecular complexity index is 840. The van der Waals surface area contributed by atoms with Gasteiger partial charge in [-0.1, -0.05) is 32.1 Å². The van der Waals surface area contributed by atoms with E-state index in [0.29, 0.717) is 25.6 Å². The number of morpholine rings is 1. The Labute approximate surface area is 211 Å². The third-order valence-corrected chi connectivity index (χ3v) is 9.27. The Balaban J connectivity index is 1.39. The Morgan fingerprint density at radius 2 is 1.74 bits per heavy atom. The van der Waals surface area contributed by atoms with Crippen LogP contribution in [0.4, 0.5) is 5.69 Å². The third-order valence-electron chi connectivity index (χ3n) is 6.87. The van der Waals surface area contributed by atoms with Gasteiger partial charge in [-0.15, -0.1) is 0 Å². The predicted molar refractivity (Wildman–Crippen MR) is 142 cm³/mol. The summed E-state index contributed by atoms with van der Waals surface area (Å²) in [6.07, 6.45) is 13.0. The third kappa shape index (κ3) is 10.0. The average Bonchev–Trinajstić information content (AvgIpc) is 2.88. The van der Waals surface area contributed by atoms with Gasteiger partial charge in [-0.3, -0.25) is 14.9 Å². The number of aliphatic imine (C=N–C) groups is 1. The van der Waals surface area contributed by atoms with Crippen molar-refractivity contribution in [2.75, 3.05) is 57.8 Å². The number of hydrogen-bond donors (Lipinski definition) is 2. The van der Waals surface area contributed by atoms with Gasteiger partial charge < -0.3 is 15.8 Å². The van der Waals surface area contributed by atoms with Crippen molar-refractivity contribution in [1.82, 2.24) is 14.2 Å². The van der Waals surface area contributed by atoms with Crippen LogP contribution in [-0.2, 0) is 14.8 Å². The highest BCUT2D eigenvalue weighted by molar-refractivity contribution is 7.89. The molecule has 2 fully saturated rings. The van der Waals surface area contributed by atoms with Crippen LogP contribution in [0, 0.1) is 0 Å². The first-order valence-electron chi connectivity index (χ1n) is 13.3. The van der Waals surface area contributed by atoms with E-state index in [4.69, 9.17) is 10.5 Å². The first kappa shape index (κ1) is 27.8. The van der Waals surface area contributed by atoms with Crippen molar-refractivity contribution < 1.29 is 13.2 Å². The lowest BCUT2D eigenvalue weighted by Crippen LogP contribution is -2.42. The molecule has 35 heavy (non-hydrogen) atoms. The molecule has 1 aliphatic carbocycles. The Hall–Kier alpha value is -1.75. The van der Waals surface area contributed by atoms with Crippen LogP contribution < -0.4 is 11.1 Å².